The number of hydrogen-bond donors (Lipinski definition) is 2. The second-order valence-corrected chi connectivity index (χ2v) is 1.91. The van der Waals surface area contributed by atoms with Crippen LogP contribution in [0.25, 0.3) is 0 Å². The van der Waals surface area contributed by atoms with E-state index >= 15 is 0 Å². The smallest absolute Gasteiger partial charge is 0.0919 e. The Morgan fingerprint density at radius 2 is 2.40 bits per heavy atom. The molecule has 10 heavy (non-hydrogen) atoms. The fourth-order valence-electron chi connectivity index (χ4n) is 0.632. The Labute approximate surface area is 60.2 Å². The molecule has 0 radical (unpaired) electrons. The lowest BCUT2D eigenvalue weighted by atomic mass is 10.5. The van der Waals surface area contributed by atoms with Crippen LogP contribution < -0.4 is 5.32 Å². The fraction of sp³-hybridized carbons (Fsp3) is 0.286. The van der Waals surface area contributed by atoms with E-state index in [-0.39, 0.29) is 0 Å². The average Bonchev–Trinajstić information content (AvgIpc) is 2.67. The second-order valence-electron chi connectivity index (χ2n) is 1.91. The van der Waals surface area contributed by atoms with Crippen LogP contribution in [0.3, 0.4) is 0 Å². The van der Waals surface area contributed by atoms with Crippen LogP contribution in [-0.2, 0) is 0 Å². The Morgan fingerprint density at radius 3 is 2.60 bits per heavy atom. The third-order valence-corrected chi connectivity index (χ3v) is 1.10. The van der Waals surface area contributed by atoms with E-state index < -0.39 is 0 Å². The molecule has 3 nitrogen and oxygen atoms in total. The van der Waals surface area contributed by atoms with E-state index in [1.807, 2.05) is 6.20 Å². The molecule has 0 aromatic carbocycles. The molecular formula is C7H11N3. The molecule has 0 fully saturated rings. The van der Waals surface area contributed by atoms with Gasteiger partial charge in [-0.15, -0.1) is 0 Å². The first-order chi connectivity index (χ1) is 5.00. The number of nitrogens with zero attached hydrogens (tertiary/aromatic N) is 1. The summed E-state index contributed by atoms with van der Waals surface area (Å²) in [6, 6.07) is 0. The van der Waals surface area contributed by atoms with Crippen molar-refractivity contribution >= 4 is 0 Å². The highest BCUT2D eigenvalue weighted by atomic mass is 14.8. The first kappa shape index (κ1) is 6.86. The molecule has 0 unspecified atom stereocenters. The van der Waals surface area contributed by atoms with Crippen LogP contribution in [0.1, 0.15) is 6.42 Å². The maximum absolute atomic E-state index is 3.67. The number of hydrogen-bond acceptors (Lipinski definition) is 2. The van der Waals surface area contributed by atoms with Gasteiger partial charge in [0.25, 0.3) is 0 Å². The van der Waals surface area contributed by atoms with Gasteiger partial charge in [0.15, 0.2) is 0 Å². The van der Waals surface area contributed by atoms with E-state index in [0.29, 0.717) is 0 Å². The third-order valence-electron chi connectivity index (χ3n) is 1.10. The van der Waals surface area contributed by atoms with E-state index in [1.54, 1.807) is 18.7 Å². The molecule has 0 saturated heterocycles. The zero-order chi connectivity index (χ0) is 7.07. The minimum atomic E-state index is 1.14. The molecule has 0 saturated carbocycles. The number of H-pyrrole nitrogens is 1. The predicted octanol–water partition coefficient (Wildman–Crippen LogP) is 0.903. The standard InChI is InChI=1S/C4H7N.C3H4N2/c1-2-4-5-3-1;1-2-5-3-4-1/h1,3,5H,2,4H2;1-3H,(H,4,5). The predicted molar refractivity (Wildman–Crippen MR) is 40.3 cm³/mol. The summed E-state index contributed by atoms with van der Waals surface area (Å²) in [6.07, 6.45) is 10.4. The molecule has 0 atom stereocenters. The van der Waals surface area contributed by atoms with E-state index in [1.165, 1.54) is 6.42 Å². The quantitative estimate of drug-likeness (QED) is 0.558. The van der Waals surface area contributed by atoms with Crippen LogP contribution >= 0.6 is 0 Å². The molecule has 1 aliphatic rings. The number of nitrogens with one attached hydrogen (secondary N) is 2. The summed E-state index contributed by atoms with van der Waals surface area (Å²) in [4.78, 5) is 6.42. The third kappa shape index (κ3) is 2.91. The van der Waals surface area contributed by atoms with Gasteiger partial charge in [-0.1, -0.05) is 6.08 Å². The molecule has 1 aromatic rings. The van der Waals surface area contributed by atoms with Crippen LogP contribution in [-0.4, -0.2) is 16.5 Å². The van der Waals surface area contributed by atoms with Crippen molar-refractivity contribution in [3.8, 4) is 0 Å². The van der Waals surface area contributed by atoms with Crippen molar-refractivity contribution < 1.29 is 0 Å². The highest BCUT2D eigenvalue weighted by molar-refractivity contribution is 4.86. The van der Waals surface area contributed by atoms with Crippen molar-refractivity contribution in [1.82, 2.24) is 15.3 Å². The molecule has 0 amide bonds. The summed E-state index contributed by atoms with van der Waals surface area (Å²) in [5.74, 6) is 0. The fourth-order valence-corrected chi connectivity index (χ4v) is 0.632. The minimum absolute atomic E-state index is 1.14. The maximum atomic E-state index is 3.67. The van der Waals surface area contributed by atoms with Crippen molar-refractivity contribution in [3.05, 3.63) is 31.0 Å². The van der Waals surface area contributed by atoms with E-state index in [4.69, 9.17) is 0 Å². The molecule has 2 rings (SSSR count). The Balaban J connectivity index is 0.0000001000. The highest BCUT2D eigenvalue weighted by Gasteiger charge is 1.81. The second kappa shape index (κ2) is 4.61. The molecule has 0 aliphatic carbocycles. The van der Waals surface area contributed by atoms with Gasteiger partial charge in [-0.3, -0.25) is 0 Å². The van der Waals surface area contributed by atoms with Crippen LogP contribution in [0.15, 0.2) is 31.0 Å². The number of imidazole rings is 1. The average molecular weight is 137 g/mol. The lowest BCUT2D eigenvalue weighted by molar-refractivity contribution is 0.917. The van der Waals surface area contributed by atoms with E-state index in [9.17, 15) is 0 Å². The van der Waals surface area contributed by atoms with Gasteiger partial charge in [0.2, 0.25) is 0 Å². The molecule has 1 aliphatic heterocycles. The van der Waals surface area contributed by atoms with Gasteiger partial charge in [-0.05, 0) is 12.6 Å². The highest BCUT2D eigenvalue weighted by Crippen LogP contribution is 1.84. The van der Waals surface area contributed by atoms with Gasteiger partial charge in [0.05, 0.1) is 6.33 Å². The summed E-state index contributed by atoms with van der Waals surface area (Å²) in [7, 11) is 0. The molecule has 2 heterocycles. The van der Waals surface area contributed by atoms with Crippen molar-refractivity contribution in [2.45, 2.75) is 6.42 Å². The Kier molecular flexibility index (Phi) is 3.17. The minimum Gasteiger partial charge on any atom is -0.391 e. The van der Waals surface area contributed by atoms with Crippen molar-refractivity contribution in [2.24, 2.45) is 0 Å². The number of aromatic nitrogens is 2. The lowest BCUT2D eigenvalue weighted by Gasteiger charge is -1.78. The van der Waals surface area contributed by atoms with Gasteiger partial charge >= 0.3 is 0 Å². The summed E-state index contributed by atoms with van der Waals surface area (Å²) in [5.41, 5.74) is 0. The summed E-state index contributed by atoms with van der Waals surface area (Å²) in [5, 5.41) is 3.04. The Morgan fingerprint density at radius 1 is 1.40 bits per heavy atom. The molecule has 0 spiro atoms. The van der Waals surface area contributed by atoms with Crippen molar-refractivity contribution in [3.63, 3.8) is 0 Å². The normalized spacial score (nSPS) is 13.6. The van der Waals surface area contributed by atoms with Crippen molar-refractivity contribution in [2.75, 3.05) is 6.54 Å². The monoisotopic (exact) mass is 137 g/mol. The first-order valence-corrected chi connectivity index (χ1v) is 3.31. The molecule has 1 aromatic heterocycles. The Hall–Kier alpha value is -1.25. The van der Waals surface area contributed by atoms with E-state index in [2.05, 4.69) is 21.4 Å². The lowest BCUT2D eigenvalue weighted by Crippen LogP contribution is -1.96. The van der Waals surface area contributed by atoms with Crippen LogP contribution in [0.4, 0.5) is 0 Å². The van der Waals surface area contributed by atoms with Crippen LogP contribution in [0.2, 0.25) is 0 Å². The zero-order valence-corrected chi connectivity index (χ0v) is 5.75. The van der Waals surface area contributed by atoms with E-state index in [0.717, 1.165) is 6.54 Å². The molecular weight excluding hydrogens is 126 g/mol. The Bertz CT molecular complexity index is 144. The van der Waals surface area contributed by atoms with Gasteiger partial charge in [0, 0.05) is 18.9 Å². The summed E-state index contributed by atoms with van der Waals surface area (Å²) < 4.78 is 0. The zero-order valence-electron chi connectivity index (χ0n) is 5.75. The van der Waals surface area contributed by atoms with Crippen LogP contribution in [0.5, 0.6) is 0 Å². The largest absolute Gasteiger partial charge is 0.391 e. The van der Waals surface area contributed by atoms with Crippen LogP contribution in [0, 0.1) is 0 Å². The van der Waals surface area contributed by atoms with Crippen molar-refractivity contribution in [1.29, 1.82) is 0 Å². The van der Waals surface area contributed by atoms with Gasteiger partial charge in [-0.2, -0.15) is 0 Å². The summed E-state index contributed by atoms with van der Waals surface area (Å²) >= 11 is 0. The number of rotatable bonds is 0. The molecule has 54 valence electrons. The first-order valence-electron chi connectivity index (χ1n) is 3.31. The maximum Gasteiger partial charge on any atom is 0.0919 e. The number of aromatic amines is 1. The van der Waals surface area contributed by atoms with Gasteiger partial charge in [-0.25, -0.2) is 4.98 Å². The molecule has 2 N–H and O–H groups in total. The molecule has 3 heteroatoms. The van der Waals surface area contributed by atoms with Gasteiger partial charge < -0.3 is 10.3 Å². The molecule has 0 bridgehead atoms. The SMILES string of the molecule is C1=CNCC1.c1c[nH]cn1. The van der Waals surface area contributed by atoms with Gasteiger partial charge in [0.1, 0.15) is 0 Å². The summed E-state index contributed by atoms with van der Waals surface area (Å²) in [6.45, 7) is 1.14. The topological polar surface area (TPSA) is 40.7 Å².